The molecule has 0 bridgehead atoms. The van der Waals surface area contributed by atoms with Crippen LogP contribution in [0.25, 0.3) is 0 Å². The van der Waals surface area contributed by atoms with Gasteiger partial charge in [0.25, 0.3) is 0 Å². The predicted molar refractivity (Wildman–Crippen MR) is 95.4 cm³/mol. The molecule has 0 unspecified atom stereocenters. The minimum atomic E-state index is -0.355. The van der Waals surface area contributed by atoms with E-state index in [1.807, 2.05) is 26.0 Å². The highest BCUT2D eigenvalue weighted by atomic mass is 79.9. The van der Waals surface area contributed by atoms with Crippen molar-refractivity contribution in [1.82, 2.24) is 0 Å². The number of benzene rings is 2. The molecular formula is C18H18BrClO3. The van der Waals surface area contributed by atoms with Crippen molar-refractivity contribution in [3.8, 4) is 5.75 Å². The van der Waals surface area contributed by atoms with Crippen LogP contribution in [0.1, 0.15) is 34.0 Å². The Labute approximate surface area is 149 Å². The van der Waals surface area contributed by atoms with Crippen LogP contribution in [0.15, 0.2) is 34.8 Å². The number of carbonyl (C=O) groups is 1. The van der Waals surface area contributed by atoms with Crippen molar-refractivity contribution < 1.29 is 14.3 Å². The third-order valence-corrected chi connectivity index (χ3v) is 4.59. The molecule has 3 nitrogen and oxygen atoms in total. The number of rotatable bonds is 5. The minimum Gasteiger partial charge on any atom is -0.489 e. The molecule has 0 aliphatic rings. The van der Waals surface area contributed by atoms with E-state index in [1.165, 1.54) is 0 Å². The largest absolute Gasteiger partial charge is 0.489 e. The van der Waals surface area contributed by atoms with Gasteiger partial charge in [-0.15, -0.1) is 0 Å². The van der Waals surface area contributed by atoms with Gasteiger partial charge in [0.15, 0.2) is 0 Å². The molecule has 0 atom stereocenters. The Balaban J connectivity index is 2.27. The molecule has 0 aliphatic carbocycles. The fraction of sp³-hybridized carbons (Fsp3) is 0.278. The summed E-state index contributed by atoms with van der Waals surface area (Å²) in [5.74, 6) is 0.345. The van der Waals surface area contributed by atoms with Crippen LogP contribution in [0.3, 0.4) is 0 Å². The number of ether oxygens (including phenoxy) is 2. The van der Waals surface area contributed by atoms with Gasteiger partial charge in [0.05, 0.1) is 12.2 Å². The molecule has 0 aromatic heterocycles. The van der Waals surface area contributed by atoms with E-state index in [0.717, 1.165) is 21.2 Å². The van der Waals surface area contributed by atoms with Crippen LogP contribution >= 0.6 is 27.5 Å². The van der Waals surface area contributed by atoms with Crippen molar-refractivity contribution in [1.29, 1.82) is 0 Å². The standard InChI is InChI=1S/C18H18BrClO3/c1-4-22-18(21)13-6-5-7-15(19)14(13)10-23-17-9-16(20)11(2)8-12(17)3/h5-9H,4,10H2,1-3H3. The van der Waals surface area contributed by atoms with Crippen LogP contribution < -0.4 is 4.74 Å². The summed E-state index contributed by atoms with van der Waals surface area (Å²) in [6.45, 7) is 6.27. The first-order valence-corrected chi connectivity index (χ1v) is 8.45. The zero-order chi connectivity index (χ0) is 17.0. The Morgan fingerprint density at radius 3 is 2.65 bits per heavy atom. The maximum absolute atomic E-state index is 12.1. The number of hydrogen-bond donors (Lipinski definition) is 0. The topological polar surface area (TPSA) is 35.5 Å². The van der Waals surface area contributed by atoms with Crippen molar-refractivity contribution >= 4 is 33.5 Å². The van der Waals surface area contributed by atoms with Gasteiger partial charge in [0.2, 0.25) is 0 Å². The molecular weight excluding hydrogens is 380 g/mol. The van der Waals surface area contributed by atoms with Crippen LogP contribution in [-0.2, 0) is 11.3 Å². The fourth-order valence-electron chi connectivity index (χ4n) is 2.22. The van der Waals surface area contributed by atoms with Crippen LogP contribution in [-0.4, -0.2) is 12.6 Å². The number of esters is 1. The molecule has 122 valence electrons. The van der Waals surface area contributed by atoms with Gasteiger partial charge in [0.1, 0.15) is 12.4 Å². The van der Waals surface area contributed by atoms with Crippen LogP contribution in [0.2, 0.25) is 5.02 Å². The second-order valence-electron chi connectivity index (χ2n) is 5.14. The maximum Gasteiger partial charge on any atom is 0.338 e. The number of halogens is 2. The Morgan fingerprint density at radius 2 is 1.96 bits per heavy atom. The highest BCUT2D eigenvalue weighted by Gasteiger charge is 2.16. The molecule has 0 spiro atoms. The van der Waals surface area contributed by atoms with E-state index < -0.39 is 0 Å². The molecule has 2 aromatic rings. The molecule has 2 aromatic carbocycles. The molecule has 2 rings (SSSR count). The number of aryl methyl sites for hydroxylation is 2. The second kappa shape index (κ2) is 7.84. The van der Waals surface area contributed by atoms with Gasteiger partial charge in [-0.1, -0.05) is 39.7 Å². The zero-order valence-electron chi connectivity index (χ0n) is 13.3. The van der Waals surface area contributed by atoms with Gasteiger partial charge < -0.3 is 9.47 Å². The fourth-order valence-corrected chi connectivity index (χ4v) is 2.85. The van der Waals surface area contributed by atoms with Crippen molar-refractivity contribution in [3.05, 3.63) is 62.1 Å². The Hall–Kier alpha value is -1.52. The number of hydrogen-bond acceptors (Lipinski definition) is 3. The molecule has 0 radical (unpaired) electrons. The maximum atomic E-state index is 12.1. The molecule has 0 fully saturated rings. The Morgan fingerprint density at radius 1 is 1.22 bits per heavy atom. The molecule has 0 aliphatic heterocycles. The summed E-state index contributed by atoms with van der Waals surface area (Å²) >= 11 is 9.63. The first-order chi connectivity index (χ1) is 10.9. The average Bonchev–Trinajstić information content (AvgIpc) is 2.50. The third kappa shape index (κ3) is 4.27. The zero-order valence-corrected chi connectivity index (χ0v) is 15.6. The van der Waals surface area contributed by atoms with E-state index in [0.29, 0.717) is 22.9 Å². The quantitative estimate of drug-likeness (QED) is 0.627. The molecule has 5 heteroatoms. The van der Waals surface area contributed by atoms with Crippen LogP contribution in [0.5, 0.6) is 5.75 Å². The first-order valence-electron chi connectivity index (χ1n) is 7.28. The van der Waals surface area contributed by atoms with E-state index in [-0.39, 0.29) is 12.6 Å². The summed E-state index contributed by atoms with van der Waals surface area (Å²) in [5, 5.41) is 0.656. The molecule has 0 N–H and O–H groups in total. The van der Waals surface area contributed by atoms with Crippen LogP contribution in [0, 0.1) is 13.8 Å². The van der Waals surface area contributed by atoms with Gasteiger partial charge >= 0.3 is 5.97 Å². The van der Waals surface area contributed by atoms with Crippen molar-refractivity contribution in [2.45, 2.75) is 27.4 Å². The lowest BCUT2D eigenvalue weighted by Crippen LogP contribution is -2.10. The highest BCUT2D eigenvalue weighted by Crippen LogP contribution is 2.29. The number of carbonyl (C=O) groups excluding carboxylic acids is 1. The second-order valence-corrected chi connectivity index (χ2v) is 6.40. The third-order valence-electron chi connectivity index (χ3n) is 3.44. The van der Waals surface area contributed by atoms with Gasteiger partial charge in [0, 0.05) is 15.1 Å². The highest BCUT2D eigenvalue weighted by molar-refractivity contribution is 9.10. The van der Waals surface area contributed by atoms with Gasteiger partial charge in [-0.05, 0) is 50.1 Å². The molecule has 0 amide bonds. The summed E-state index contributed by atoms with van der Waals surface area (Å²) in [4.78, 5) is 12.1. The molecule has 0 heterocycles. The lowest BCUT2D eigenvalue weighted by Gasteiger charge is -2.14. The van der Waals surface area contributed by atoms with E-state index in [2.05, 4.69) is 15.9 Å². The summed E-state index contributed by atoms with van der Waals surface area (Å²) in [5.41, 5.74) is 3.25. The van der Waals surface area contributed by atoms with Crippen LogP contribution in [0.4, 0.5) is 0 Å². The summed E-state index contributed by atoms with van der Waals surface area (Å²) in [7, 11) is 0. The lowest BCUT2D eigenvalue weighted by molar-refractivity contribution is 0.0523. The molecule has 23 heavy (non-hydrogen) atoms. The Bertz CT molecular complexity index is 728. The van der Waals surface area contributed by atoms with Gasteiger partial charge in [-0.3, -0.25) is 0 Å². The Kier molecular flexibility index (Phi) is 6.08. The normalized spacial score (nSPS) is 10.5. The van der Waals surface area contributed by atoms with Crippen molar-refractivity contribution in [2.75, 3.05) is 6.61 Å². The summed E-state index contributed by atoms with van der Waals surface area (Å²) in [6, 6.07) is 9.18. The smallest absolute Gasteiger partial charge is 0.338 e. The molecule has 0 saturated carbocycles. The average molecular weight is 398 g/mol. The van der Waals surface area contributed by atoms with E-state index in [4.69, 9.17) is 21.1 Å². The minimum absolute atomic E-state index is 0.246. The molecule has 0 saturated heterocycles. The lowest BCUT2D eigenvalue weighted by atomic mass is 10.1. The summed E-state index contributed by atoms with van der Waals surface area (Å²) in [6.07, 6.45) is 0. The van der Waals surface area contributed by atoms with E-state index in [9.17, 15) is 4.79 Å². The van der Waals surface area contributed by atoms with Crippen molar-refractivity contribution in [2.24, 2.45) is 0 Å². The monoisotopic (exact) mass is 396 g/mol. The SMILES string of the molecule is CCOC(=O)c1cccc(Br)c1COc1cc(Cl)c(C)cc1C. The van der Waals surface area contributed by atoms with E-state index in [1.54, 1.807) is 25.1 Å². The van der Waals surface area contributed by atoms with Crippen molar-refractivity contribution in [3.63, 3.8) is 0 Å². The van der Waals surface area contributed by atoms with Gasteiger partial charge in [-0.2, -0.15) is 0 Å². The predicted octanol–water partition coefficient (Wildman–Crippen LogP) is 5.48. The first kappa shape index (κ1) is 17.8. The van der Waals surface area contributed by atoms with Gasteiger partial charge in [-0.25, -0.2) is 4.79 Å². The van der Waals surface area contributed by atoms with E-state index >= 15 is 0 Å². The summed E-state index contributed by atoms with van der Waals surface area (Å²) < 4.78 is 11.8.